The number of carboxylic acids is 1. The number of amides is 1. The molecule has 0 spiro atoms. The van der Waals surface area contributed by atoms with E-state index in [1.165, 1.54) is 6.92 Å². The number of carbonyl (C=O) groups is 3. The molecule has 21 heavy (non-hydrogen) atoms. The van der Waals surface area contributed by atoms with E-state index >= 15 is 0 Å². The zero-order valence-electron chi connectivity index (χ0n) is 10.9. The molecule has 0 bridgehead atoms. The minimum absolute atomic E-state index is 0.187. The molecule has 0 unspecified atom stereocenters. The summed E-state index contributed by atoms with van der Waals surface area (Å²) in [7, 11) is 0. The standard InChI is InChI=1S/C14H11NO4S2/c1-8(13(18)19)15-12(17)11(21-14(15)20)6-9-2-4-10(7-16)5-3-9/h2-8H,1H3,(H,18,19)/p-1/b11-6-/t8-/m1/s1. The third-order valence-electron chi connectivity index (χ3n) is 2.92. The van der Waals surface area contributed by atoms with E-state index in [1.54, 1.807) is 30.3 Å². The molecule has 0 N–H and O–H groups in total. The number of aldehydes is 1. The monoisotopic (exact) mass is 320 g/mol. The van der Waals surface area contributed by atoms with E-state index in [2.05, 4.69) is 0 Å². The summed E-state index contributed by atoms with van der Waals surface area (Å²) in [5, 5.41) is 10.9. The Kier molecular flexibility index (Phi) is 4.54. The topological polar surface area (TPSA) is 77.5 Å². The second kappa shape index (κ2) is 6.19. The molecule has 1 aromatic carbocycles. The highest BCUT2D eigenvalue weighted by Gasteiger charge is 2.35. The van der Waals surface area contributed by atoms with Gasteiger partial charge in [0.05, 0.1) is 16.9 Å². The van der Waals surface area contributed by atoms with Gasteiger partial charge in [-0.3, -0.25) is 14.5 Å². The Morgan fingerprint density at radius 1 is 1.33 bits per heavy atom. The van der Waals surface area contributed by atoms with Gasteiger partial charge in [-0.2, -0.15) is 0 Å². The van der Waals surface area contributed by atoms with Gasteiger partial charge in [-0.05, 0) is 18.6 Å². The van der Waals surface area contributed by atoms with Crippen LogP contribution in [0.2, 0.25) is 0 Å². The Balaban J connectivity index is 2.27. The van der Waals surface area contributed by atoms with Crippen molar-refractivity contribution in [1.29, 1.82) is 0 Å². The van der Waals surface area contributed by atoms with Crippen molar-refractivity contribution in [1.82, 2.24) is 4.90 Å². The largest absolute Gasteiger partial charge is 0.548 e. The number of carbonyl (C=O) groups excluding carboxylic acids is 3. The van der Waals surface area contributed by atoms with Crippen LogP contribution in [0.5, 0.6) is 0 Å². The Morgan fingerprint density at radius 2 is 1.90 bits per heavy atom. The molecule has 1 amide bonds. The first-order chi connectivity index (χ1) is 9.93. The summed E-state index contributed by atoms with van der Waals surface area (Å²) in [5.41, 5.74) is 1.26. The van der Waals surface area contributed by atoms with Gasteiger partial charge in [-0.1, -0.05) is 48.2 Å². The Morgan fingerprint density at radius 3 is 2.43 bits per heavy atom. The summed E-state index contributed by atoms with van der Waals surface area (Å²) in [4.78, 5) is 35.0. The summed E-state index contributed by atoms with van der Waals surface area (Å²) in [6.45, 7) is 1.35. The van der Waals surface area contributed by atoms with E-state index in [0.29, 0.717) is 10.5 Å². The minimum atomic E-state index is -1.36. The molecule has 1 fully saturated rings. The van der Waals surface area contributed by atoms with Gasteiger partial charge >= 0.3 is 0 Å². The van der Waals surface area contributed by atoms with Crippen LogP contribution in [0, 0.1) is 0 Å². The van der Waals surface area contributed by atoms with Crippen LogP contribution in [0.25, 0.3) is 6.08 Å². The highest BCUT2D eigenvalue weighted by molar-refractivity contribution is 8.26. The maximum Gasteiger partial charge on any atom is 0.266 e. The van der Waals surface area contributed by atoms with Crippen molar-refractivity contribution in [2.75, 3.05) is 0 Å². The molecule has 1 aliphatic heterocycles. The third-order valence-corrected chi connectivity index (χ3v) is 4.25. The van der Waals surface area contributed by atoms with Crippen LogP contribution in [0.3, 0.4) is 0 Å². The molecule has 1 heterocycles. The van der Waals surface area contributed by atoms with Crippen LogP contribution in [-0.2, 0) is 9.59 Å². The predicted molar refractivity (Wildman–Crippen MR) is 81.3 cm³/mol. The minimum Gasteiger partial charge on any atom is -0.548 e. The van der Waals surface area contributed by atoms with Crippen LogP contribution < -0.4 is 5.11 Å². The van der Waals surface area contributed by atoms with Crippen molar-refractivity contribution in [3.05, 3.63) is 40.3 Å². The zero-order chi connectivity index (χ0) is 15.6. The summed E-state index contributed by atoms with van der Waals surface area (Å²) < 4.78 is 0.187. The first-order valence-corrected chi connectivity index (χ1v) is 7.19. The van der Waals surface area contributed by atoms with Gasteiger partial charge in [-0.15, -0.1) is 0 Å². The summed E-state index contributed by atoms with van der Waals surface area (Å²) >= 11 is 6.08. The third kappa shape index (κ3) is 3.20. The lowest BCUT2D eigenvalue weighted by molar-refractivity contribution is -0.309. The van der Waals surface area contributed by atoms with E-state index in [0.717, 1.165) is 28.5 Å². The molecular weight excluding hydrogens is 310 g/mol. The second-order valence-corrected chi connectivity index (χ2v) is 6.01. The number of nitrogens with zero attached hydrogens (tertiary/aromatic N) is 1. The molecule has 0 aliphatic carbocycles. The first kappa shape index (κ1) is 15.4. The molecule has 0 saturated carbocycles. The van der Waals surface area contributed by atoms with Gasteiger partial charge in [0.1, 0.15) is 10.6 Å². The predicted octanol–water partition coefficient (Wildman–Crippen LogP) is 0.839. The smallest absolute Gasteiger partial charge is 0.266 e. The SMILES string of the molecule is C[C@H](C(=O)[O-])N1C(=O)/C(=C/c2ccc(C=O)cc2)SC1=S. The number of thiocarbonyl (C=S) groups is 1. The summed E-state index contributed by atoms with van der Waals surface area (Å²) in [6.07, 6.45) is 2.33. The van der Waals surface area contributed by atoms with Gasteiger partial charge in [0.2, 0.25) is 0 Å². The summed E-state index contributed by atoms with van der Waals surface area (Å²) in [6, 6.07) is 5.53. The van der Waals surface area contributed by atoms with Crippen molar-refractivity contribution < 1.29 is 19.5 Å². The van der Waals surface area contributed by atoms with Gasteiger partial charge in [0.15, 0.2) is 0 Å². The fraction of sp³-hybridized carbons (Fsp3) is 0.143. The highest BCUT2D eigenvalue weighted by atomic mass is 32.2. The molecule has 1 saturated heterocycles. The molecule has 0 aromatic heterocycles. The normalized spacial score (nSPS) is 18.1. The lowest BCUT2D eigenvalue weighted by atomic mass is 10.1. The second-order valence-electron chi connectivity index (χ2n) is 4.33. The molecular formula is C14H10NO4S2-. The molecule has 1 aliphatic rings. The van der Waals surface area contributed by atoms with Gasteiger partial charge in [0.25, 0.3) is 5.91 Å². The average molecular weight is 320 g/mol. The average Bonchev–Trinajstić information content (AvgIpc) is 2.73. The molecule has 1 atom stereocenters. The van der Waals surface area contributed by atoms with Crippen molar-refractivity contribution in [3.63, 3.8) is 0 Å². The Labute approximate surface area is 130 Å². The van der Waals surface area contributed by atoms with E-state index in [-0.39, 0.29) is 4.32 Å². The zero-order valence-corrected chi connectivity index (χ0v) is 12.6. The number of hydrogen-bond donors (Lipinski definition) is 0. The summed E-state index contributed by atoms with van der Waals surface area (Å²) in [5.74, 6) is -1.82. The number of carboxylic acid groups (broad SMARTS) is 1. The fourth-order valence-electron chi connectivity index (χ4n) is 1.74. The van der Waals surface area contributed by atoms with Crippen molar-refractivity contribution in [3.8, 4) is 0 Å². The van der Waals surface area contributed by atoms with E-state index in [1.807, 2.05) is 0 Å². The number of benzene rings is 1. The molecule has 1 aromatic rings. The molecule has 2 rings (SSSR count). The lowest BCUT2D eigenvalue weighted by Gasteiger charge is -2.23. The van der Waals surface area contributed by atoms with Crippen molar-refractivity contribution in [2.24, 2.45) is 0 Å². The Bertz CT molecular complexity index is 651. The van der Waals surface area contributed by atoms with E-state index < -0.39 is 17.9 Å². The van der Waals surface area contributed by atoms with Gasteiger partial charge in [-0.25, -0.2) is 0 Å². The van der Waals surface area contributed by atoms with Crippen LogP contribution in [-0.4, -0.2) is 33.4 Å². The number of hydrogen-bond acceptors (Lipinski definition) is 6. The number of aliphatic carboxylic acids is 1. The maximum atomic E-state index is 12.2. The van der Waals surface area contributed by atoms with Crippen molar-refractivity contribution in [2.45, 2.75) is 13.0 Å². The fourth-order valence-corrected chi connectivity index (χ4v) is 3.16. The highest BCUT2D eigenvalue weighted by Crippen LogP contribution is 2.33. The van der Waals surface area contributed by atoms with Crippen LogP contribution >= 0.6 is 24.0 Å². The van der Waals surface area contributed by atoms with E-state index in [4.69, 9.17) is 12.2 Å². The Hall–Kier alpha value is -1.99. The van der Waals surface area contributed by atoms with Gasteiger partial charge in [0, 0.05) is 5.56 Å². The lowest BCUT2D eigenvalue weighted by Crippen LogP contribution is -2.48. The number of thioether (sulfide) groups is 1. The van der Waals surface area contributed by atoms with Gasteiger partial charge < -0.3 is 9.90 Å². The number of rotatable bonds is 4. The van der Waals surface area contributed by atoms with Crippen molar-refractivity contribution >= 4 is 52.5 Å². The molecule has 7 heteroatoms. The quantitative estimate of drug-likeness (QED) is 0.465. The van der Waals surface area contributed by atoms with Crippen LogP contribution in [0.4, 0.5) is 0 Å². The molecule has 5 nitrogen and oxygen atoms in total. The first-order valence-electron chi connectivity index (χ1n) is 5.97. The van der Waals surface area contributed by atoms with Crippen LogP contribution in [0.15, 0.2) is 29.2 Å². The van der Waals surface area contributed by atoms with Crippen LogP contribution in [0.1, 0.15) is 22.8 Å². The van der Waals surface area contributed by atoms with E-state index in [9.17, 15) is 19.5 Å². The molecule has 0 radical (unpaired) electrons. The molecule has 108 valence electrons. The maximum absolute atomic E-state index is 12.2.